The number of amides is 2. The van der Waals surface area contributed by atoms with Crippen LogP contribution < -0.4 is 10.6 Å². The van der Waals surface area contributed by atoms with Crippen molar-refractivity contribution in [3.8, 4) is 12.1 Å². The summed E-state index contributed by atoms with van der Waals surface area (Å²) < 4.78 is 0. The van der Waals surface area contributed by atoms with Crippen LogP contribution >= 0.6 is 0 Å². The highest BCUT2D eigenvalue weighted by atomic mass is 16.2. The first-order valence-corrected chi connectivity index (χ1v) is 6.12. The van der Waals surface area contributed by atoms with Crippen LogP contribution in [0.15, 0.2) is 0 Å². The second-order valence-corrected chi connectivity index (χ2v) is 4.39. The van der Waals surface area contributed by atoms with Crippen LogP contribution in [0.5, 0.6) is 0 Å². The molecule has 1 rings (SSSR count). The van der Waals surface area contributed by atoms with E-state index >= 15 is 0 Å². The number of carbonyl (C=O) groups is 1. The van der Waals surface area contributed by atoms with Gasteiger partial charge in [0.25, 0.3) is 0 Å². The SMILES string of the molecule is N#CC(=N)C(C#N)NC(=O)NC1CCCCCC1. The monoisotopic (exact) mass is 247 g/mol. The van der Waals surface area contributed by atoms with Crippen molar-refractivity contribution in [2.75, 3.05) is 0 Å². The summed E-state index contributed by atoms with van der Waals surface area (Å²) in [6.07, 6.45) is 6.47. The van der Waals surface area contributed by atoms with Gasteiger partial charge in [0.05, 0.1) is 6.07 Å². The number of nitrogens with zero attached hydrogens (tertiary/aromatic N) is 2. The van der Waals surface area contributed by atoms with Crippen molar-refractivity contribution < 1.29 is 4.79 Å². The van der Waals surface area contributed by atoms with E-state index in [1.807, 2.05) is 0 Å². The van der Waals surface area contributed by atoms with Gasteiger partial charge in [-0.2, -0.15) is 10.5 Å². The first-order valence-electron chi connectivity index (χ1n) is 6.12. The normalized spacial score (nSPS) is 17.7. The predicted molar refractivity (Wildman–Crippen MR) is 65.9 cm³/mol. The fourth-order valence-electron chi connectivity index (χ4n) is 2.02. The molecule has 0 aromatic heterocycles. The molecule has 2 amide bonds. The molecule has 1 aliphatic rings. The molecule has 0 heterocycles. The fourth-order valence-corrected chi connectivity index (χ4v) is 2.02. The smallest absolute Gasteiger partial charge is 0.316 e. The van der Waals surface area contributed by atoms with Gasteiger partial charge in [-0.1, -0.05) is 25.7 Å². The Labute approximate surface area is 106 Å². The standard InChI is InChI=1S/C12H17N5O/c13-7-10(15)11(8-14)17-12(18)16-9-5-3-1-2-4-6-9/h9,11,15H,1-6H2,(H2,16,17,18). The molecule has 96 valence electrons. The fraction of sp³-hybridized carbons (Fsp3) is 0.667. The zero-order valence-electron chi connectivity index (χ0n) is 10.2. The van der Waals surface area contributed by atoms with E-state index in [4.69, 9.17) is 15.9 Å². The molecule has 3 N–H and O–H groups in total. The minimum absolute atomic E-state index is 0.128. The lowest BCUT2D eigenvalue weighted by Crippen LogP contribution is -2.48. The Hall–Kier alpha value is -2.08. The summed E-state index contributed by atoms with van der Waals surface area (Å²) >= 11 is 0. The quantitative estimate of drug-likeness (QED) is 0.518. The zero-order valence-corrected chi connectivity index (χ0v) is 10.2. The van der Waals surface area contributed by atoms with Crippen LogP contribution in [0.4, 0.5) is 4.79 Å². The molecule has 6 nitrogen and oxygen atoms in total. The lowest BCUT2D eigenvalue weighted by molar-refractivity contribution is 0.235. The molecular weight excluding hydrogens is 230 g/mol. The second-order valence-electron chi connectivity index (χ2n) is 4.39. The van der Waals surface area contributed by atoms with Gasteiger partial charge in [-0.25, -0.2) is 4.79 Å². The van der Waals surface area contributed by atoms with E-state index in [1.54, 1.807) is 12.1 Å². The zero-order chi connectivity index (χ0) is 13.4. The first kappa shape index (κ1) is 14.0. The van der Waals surface area contributed by atoms with Gasteiger partial charge in [-0.05, 0) is 12.8 Å². The average Bonchev–Trinajstić information content (AvgIpc) is 2.63. The molecule has 1 unspecified atom stereocenters. The maximum atomic E-state index is 11.6. The summed E-state index contributed by atoms with van der Waals surface area (Å²) in [6.45, 7) is 0. The van der Waals surface area contributed by atoms with Crippen LogP contribution in [-0.2, 0) is 0 Å². The van der Waals surface area contributed by atoms with Gasteiger partial charge >= 0.3 is 6.03 Å². The van der Waals surface area contributed by atoms with Gasteiger partial charge in [-0.15, -0.1) is 0 Å². The van der Waals surface area contributed by atoms with Gasteiger partial charge in [-0.3, -0.25) is 5.41 Å². The van der Waals surface area contributed by atoms with Crippen LogP contribution in [0.2, 0.25) is 0 Å². The Balaban J connectivity index is 2.43. The number of hydrogen-bond acceptors (Lipinski definition) is 4. The summed E-state index contributed by atoms with van der Waals surface area (Å²) in [4.78, 5) is 11.6. The largest absolute Gasteiger partial charge is 0.335 e. The molecule has 1 aliphatic carbocycles. The molecule has 0 radical (unpaired) electrons. The molecule has 1 atom stereocenters. The average molecular weight is 247 g/mol. The Morgan fingerprint density at radius 2 is 1.83 bits per heavy atom. The molecule has 18 heavy (non-hydrogen) atoms. The molecule has 0 aliphatic heterocycles. The Bertz CT molecular complexity index is 384. The van der Waals surface area contributed by atoms with Crippen LogP contribution in [0, 0.1) is 28.1 Å². The van der Waals surface area contributed by atoms with Crippen molar-refractivity contribution in [1.82, 2.24) is 10.6 Å². The third-order valence-corrected chi connectivity index (χ3v) is 3.00. The van der Waals surface area contributed by atoms with Gasteiger partial charge in [0.15, 0.2) is 6.04 Å². The molecule has 1 saturated carbocycles. The highest BCUT2D eigenvalue weighted by Gasteiger charge is 2.19. The Morgan fingerprint density at radius 3 is 2.33 bits per heavy atom. The highest BCUT2D eigenvalue weighted by Crippen LogP contribution is 2.16. The molecule has 0 aromatic rings. The lowest BCUT2D eigenvalue weighted by atomic mass is 10.1. The summed E-state index contributed by atoms with van der Waals surface area (Å²) in [5, 5.41) is 29.6. The van der Waals surface area contributed by atoms with Crippen molar-refractivity contribution >= 4 is 11.7 Å². The molecule has 0 bridgehead atoms. The van der Waals surface area contributed by atoms with Crippen LogP contribution in [0.3, 0.4) is 0 Å². The number of nitriles is 2. The van der Waals surface area contributed by atoms with E-state index in [9.17, 15) is 4.79 Å². The number of urea groups is 1. The van der Waals surface area contributed by atoms with Crippen molar-refractivity contribution in [3.63, 3.8) is 0 Å². The van der Waals surface area contributed by atoms with E-state index in [1.165, 1.54) is 12.8 Å². The van der Waals surface area contributed by atoms with Gasteiger partial charge in [0.2, 0.25) is 0 Å². The Morgan fingerprint density at radius 1 is 1.22 bits per heavy atom. The van der Waals surface area contributed by atoms with Crippen molar-refractivity contribution in [1.29, 1.82) is 15.9 Å². The third kappa shape index (κ3) is 4.42. The number of carbonyl (C=O) groups excluding carboxylic acids is 1. The van der Waals surface area contributed by atoms with Gasteiger partial charge < -0.3 is 10.6 Å². The Kier molecular flexibility index (Phi) is 5.66. The van der Waals surface area contributed by atoms with E-state index in [0.29, 0.717) is 0 Å². The van der Waals surface area contributed by atoms with Crippen LogP contribution in [-0.4, -0.2) is 23.8 Å². The van der Waals surface area contributed by atoms with E-state index < -0.39 is 17.8 Å². The van der Waals surface area contributed by atoms with E-state index in [0.717, 1.165) is 25.7 Å². The minimum Gasteiger partial charge on any atom is -0.335 e. The minimum atomic E-state index is -1.17. The number of rotatable bonds is 3. The summed E-state index contributed by atoms with van der Waals surface area (Å²) in [7, 11) is 0. The third-order valence-electron chi connectivity index (χ3n) is 3.00. The molecule has 0 spiro atoms. The summed E-state index contributed by atoms with van der Waals surface area (Å²) in [5.41, 5.74) is -0.450. The highest BCUT2D eigenvalue weighted by molar-refractivity contribution is 6.03. The maximum Gasteiger partial charge on any atom is 0.316 e. The van der Waals surface area contributed by atoms with E-state index in [2.05, 4.69) is 10.6 Å². The van der Waals surface area contributed by atoms with Crippen LogP contribution in [0.1, 0.15) is 38.5 Å². The van der Waals surface area contributed by atoms with E-state index in [-0.39, 0.29) is 6.04 Å². The molecule has 6 heteroatoms. The topological polar surface area (TPSA) is 113 Å². The van der Waals surface area contributed by atoms with Crippen molar-refractivity contribution in [3.05, 3.63) is 0 Å². The van der Waals surface area contributed by atoms with Crippen molar-refractivity contribution in [2.24, 2.45) is 0 Å². The molecular formula is C12H17N5O. The van der Waals surface area contributed by atoms with Gasteiger partial charge in [0.1, 0.15) is 11.8 Å². The first-order chi connectivity index (χ1) is 8.67. The number of nitrogens with one attached hydrogen (secondary N) is 3. The van der Waals surface area contributed by atoms with Crippen LogP contribution in [0.25, 0.3) is 0 Å². The maximum absolute atomic E-state index is 11.6. The molecule has 1 fully saturated rings. The lowest BCUT2D eigenvalue weighted by Gasteiger charge is -2.17. The van der Waals surface area contributed by atoms with Crippen molar-refractivity contribution in [2.45, 2.75) is 50.6 Å². The second kappa shape index (κ2) is 7.29. The summed E-state index contributed by atoms with van der Waals surface area (Å²) in [6, 6.07) is 1.75. The molecule has 0 saturated heterocycles. The van der Waals surface area contributed by atoms with Gasteiger partial charge in [0, 0.05) is 6.04 Å². The summed E-state index contributed by atoms with van der Waals surface area (Å²) in [5.74, 6) is 0. The number of hydrogen-bond donors (Lipinski definition) is 3. The predicted octanol–water partition coefficient (Wildman–Crippen LogP) is 1.44. The molecule has 0 aromatic carbocycles.